The van der Waals surface area contributed by atoms with Crippen LogP contribution >= 0.6 is 0 Å². The first-order valence-electron chi connectivity index (χ1n) is 5.66. The molecule has 2 rings (SSSR count). The summed E-state index contributed by atoms with van der Waals surface area (Å²) in [7, 11) is 1.40. The minimum absolute atomic E-state index is 0.177. The van der Waals surface area contributed by atoms with Crippen LogP contribution in [-0.4, -0.2) is 17.9 Å². The van der Waals surface area contributed by atoms with Gasteiger partial charge in [-0.3, -0.25) is 9.78 Å². The molecule has 0 saturated heterocycles. The van der Waals surface area contributed by atoms with Gasteiger partial charge in [0, 0.05) is 18.0 Å². The molecular weight excluding hydrogens is 245 g/mol. The molecule has 0 radical (unpaired) electrons. The highest BCUT2D eigenvalue weighted by molar-refractivity contribution is 6.06. The van der Waals surface area contributed by atoms with Crippen molar-refractivity contribution in [1.82, 2.24) is 4.98 Å². The molecule has 0 fully saturated rings. The van der Waals surface area contributed by atoms with E-state index >= 15 is 0 Å². The van der Waals surface area contributed by atoms with Crippen molar-refractivity contribution in [3.8, 4) is 5.75 Å². The number of carbonyl (C=O) groups is 1. The lowest BCUT2D eigenvalue weighted by molar-refractivity contribution is 0.104. The Bertz CT molecular complexity index is 609. The lowest BCUT2D eigenvalue weighted by atomic mass is 10.1. The number of nitrogens with zero attached hydrogens (tertiary/aromatic N) is 1. The molecule has 2 aromatic rings. The van der Waals surface area contributed by atoms with E-state index in [0.29, 0.717) is 11.1 Å². The molecule has 0 spiro atoms. The standard InChI is InChI=1S/C15H12FNO2/c1-19-15-7-5-11(9-13(15)16)4-6-14(18)12-3-2-8-17-10-12/h2-10H,1H3. The minimum Gasteiger partial charge on any atom is -0.494 e. The molecule has 1 heterocycles. The molecule has 19 heavy (non-hydrogen) atoms. The first-order valence-corrected chi connectivity index (χ1v) is 5.66. The molecule has 1 aromatic carbocycles. The number of rotatable bonds is 4. The molecule has 0 atom stereocenters. The number of hydrogen-bond donors (Lipinski definition) is 0. The summed E-state index contributed by atoms with van der Waals surface area (Å²) < 4.78 is 18.3. The zero-order chi connectivity index (χ0) is 13.7. The number of hydrogen-bond acceptors (Lipinski definition) is 3. The number of pyridine rings is 1. The van der Waals surface area contributed by atoms with Crippen molar-refractivity contribution in [1.29, 1.82) is 0 Å². The van der Waals surface area contributed by atoms with Crippen LogP contribution in [0.3, 0.4) is 0 Å². The van der Waals surface area contributed by atoms with Gasteiger partial charge < -0.3 is 4.74 Å². The van der Waals surface area contributed by atoms with Crippen molar-refractivity contribution in [2.24, 2.45) is 0 Å². The molecule has 0 aliphatic carbocycles. The van der Waals surface area contributed by atoms with Crippen LogP contribution in [0.15, 0.2) is 48.8 Å². The number of allylic oxidation sites excluding steroid dienone is 1. The first-order chi connectivity index (χ1) is 9.20. The fraction of sp³-hybridized carbons (Fsp3) is 0.0667. The van der Waals surface area contributed by atoms with Gasteiger partial charge in [0.15, 0.2) is 17.3 Å². The van der Waals surface area contributed by atoms with E-state index in [9.17, 15) is 9.18 Å². The highest BCUT2D eigenvalue weighted by Crippen LogP contribution is 2.18. The Balaban J connectivity index is 2.15. The zero-order valence-electron chi connectivity index (χ0n) is 10.3. The fourth-order valence-electron chi connectivity index (χ4n) is 1.56. The van der Waals surface area contributed by atoms with Crippen LogP contribution in [0.1, 0.15) is 15.9 Å². The summed E-state index contributed by atoms with van der Waals surface area (Å²) in [5.74, 6) is -0.460. The summed E-state index contributed by atoms with van der Waals surface area (Å²) in [5.41, 5.74) is 1.09. The van der Waals surface area contributed by atoms with Gasteiger partial charge in [0.2, 0.25) is 0 Å². The monoisotopic (exact) mass is 257 g/mol. The number of halogens is 1. The third-order valence-corrected chi connectivity index (χ3v) is 2.55. The maximum absolute atomic E-state index is 13.4. The van der Waals surface area contributed by atoms with E-state index in [2.05, 4.69) is 4.98 Å². The average Bonchev–Trinajstić information content (AvgIpc) is 2.46. The summed E-state index contributed by atoms with van der Waals surface area (Å²) in [5, 5.41) is 0. The lowest BCUT2D eigenvalue weighted by Crippen LogP contribution is -1.94. The summed E-state index contributed by atoms with van der Waals surface area (Å²) in [4.78, 5) is 15.6. The van der Waals surface area contributed by atoms with E-state index in [4.69, 9.17) is 4.74 Å². The molecule has 0 saturated carbocycles. The van der Waals surface area contributed by atoms with E-state index in [1.54, 1.807) is 30.5 Å². The molecule has 1 aromatic heterocycles. The summed E-state index contributed by atoms with van der Waals surface area (Å²) in [6.45, 7) is 0. The third kappa shape index (κ3) is 3.25. The zero-order valence-corrected chi connectivity index (χ0v) is 10.3. The molecule has 0 aliphatic heterocycles. The summed E-state index contributed by atoms with van der Waals surface area (Å²) >= 11 is 0. The van der Waals surface area contributed by atoms with Gasteiger partial charge in [-0.25, -0.2) is 4.39 Å². The van der Waals surface area contributed by atoms with Crippen molar-refractivity contribution in [3.05, 3.63) is 65.7 Å². The second kappa shape index (κ2) is 5.91. The van der Waals surface area contributed by atoms with Gasteiger partial charge in [-0.1, -0.05) is 12.1 Å². The Hall–Kier alpha value is -2.49. The summed E-state index contributed by atoms with van der Waals surface area (Å²) in [6.07, 6.45) is 6.02. The Labute approximate surface area is 110 Å². The van der Waals surface area contributed by atoms with Crippen LogP contribution in [0, 0.1) is 5.82 Å². The van der Waals surface area contributed by atoms with Crippen molar-refractivity contribution in [2.45, 2.75) is 0 Å². The number of ketones is 1. The quantitative estimate of drug-likeness (QED) is 0.624. The van der Waals surface area contributed by atoms with Gasteiger partial charge in [0.1, 0.15) is 0 Å². The maximum Gasteiger partial charge on any atom is 0.187 e. The molecule has 3 nitrogen and oxygen atoms in total. The van der Waals surface area contributed by atoms with E-state index in [1.165, 1.54) is 31.5 Å². The lowest BCUT2D eigenvalue weighted by Gasteiger charge is -2.01. The normalized spacial score (nSPS) is 10.6. The van der Waals surface area contributed by atoms with Crippen molar-refractivity contribution >= 4 is 11.9 Å². The van der Waals surface area contributed by atoms with Gasteiger partial charge in [-0.05, 0) is 35.9 Å². The number of carbonyl (C=O) groups excluding carboxylic acids is 1. The Kier molecular flexibility index (Phi) is 4.03. The topological polar surface area (TPSA) is 39.2 Å². The van der Waals surface area contributed by atoms with Gasteiger partial charge in [-0.15, -0.1) is 0 Å². The highest BCUT2D eigenvalue weighted by atomic mass is 19.1. The van der Waals surface area contributed by atoms with E-state index < -0.39 is 5.82 Å². The Morgan fingerprint density at radius 3 is 2.84 bits per heavy atom. The smallest absolute Gasteiger partial charge is 0.187 e. The van der Waals surface area contributed by atoms with Crippen molar-refractivity contribution < 1.29 is 13.9 Å². The van der Waals surface area contributed by atoms with E-state index in [-0.39, 0.29) is 11.5 Å². The van der Waals surface area contributed by atoms with Crippen LogP contribution in [0.5, 0.6) is 5.75 Å². The predicted molar refractivity (Wildman–Crippen MR) is 70.6 cm³/mol. The molecule has 4 heteroatoms. The van der Waals surface area contributed by atoms with E-state index in [1.807, 2.05) is 0 Å². The molecule has 0 N–H and O–H groups in total. The molecule has 0 aliphatic rings. The molecular formula is C15H12FNO2. The average molecular weight is 257 g/mol. The van der Waals surface area contributed by atoms with Crippen LogP contribution in [0.4, 0.5) is 4.39 Å². The van der Waals surface area contributed by atoms with Crippen LogP contribution in [0.25, 0.3) is 6.08 Å². The number of aromatic nitrogens is 1. The van der Waals surface area contributed by atoms with Gasteiger partial charge in [0.05, 0.1) is 7.11 Å². The second-order valence-corrected chi connectivity index (χ2v) is 3.83. The van der Waals surface area contributed by atoms with Crippen LogP contribution in [0.2, 0.25) is 0 Å². The molecule has 0 unspecified atom stereocenters. The molecule has 96 valence electrons. The van der Waals surface area contributed by atoms with Crippen LogP contribution < -0.4 is 4.74 Å². The largest absolute Gasteiger partial charge is 0.494 e. The number of benzene rings is 1. The van der Waals surface area contributed by atoms with Gasteiger partial charge in [0.25, 0.3) is 0 Å². The Morgan fingerprint density at radius 2 is 2.21 bits per heavy atom. The number of ether oxygens (including phenoxy) is 1. The highest BCUT2D eigenvalue weighted by Gasteiger charge is 2.03. The summed E-state index contributed by atoms with van der Waals surface area (Å²) in [6, 6.07) is 7.87. The molecule has 0 amide bonds. The van der Waals surface area contributed by atoms with Crippen LogP contribution in [-0.2, 0) is 0 Å². The molecule has 0 bridgehead atoms. The van der Waals surface area contributed by atoms with E-state index in [0.717, 1.165) is 0 Å². The van der Waals surface area contributed by atoms with Gasteiger partial charge >= 0.3 is 0 Å². The predicted octanol–water partition coefficient (Wildman–Crippen LogP) is 3.13. The Morgan fingerprint density at radius 1 is 1.37 bits per heavy atom. The maximum atomic E-state index is 13.4. The second-order valence-electron chi connectivity index (χ2n) is 3.83. The minimum atomic E-state index is -0.460. The van der Waals surface area contributed by atoms with Crippen molar-refractivity contribution in [3.63, 3.8) is 0 Å². The first kappa shape index (κ1) is 13.0. The van der Waals surface area contributed by atoms with Gasteiger partial charge in [-0.2, -0.15) is 0 Å². The third-order valence-electron chi connectivity index (χ3n) is 2.55. The SMILES string of the molecule is COc1ccc(C=CC(=O)c2cccnc2)cc1F. The van der Waals surface area contributed by atoms with Crippen molar-refractivity contribution in [2.75, 3.05) is 7.11 Å². The fourth-order valence-corrected chi connectivity index (χ4v) is 1.56. The number of methoxy groups -OCH3 is 1.